The van der Waals surface area contributed by atoms with Crippen LogP contribution >= 0.6 is 39.0 Å². The molecule has 1 heterocycles. The predicted octanol–water partition coefficient (Wildman–Crippen LogP) is 4.70. The highest BCUT2D eigenvalue weighted by atomic mass is 79.9. The molecule has 0 fully saturated rings. The second kappa shape index (κ2) is 6.70. The third kappa shape index (κ3) is 3.57. The first kappa shape index (κ1) is 14.1. The Balaban J connectivity index is 2.02. The van der Waals surface area contributed by atoms with Crippen molar-refractivity contribution in [3.05, 3.63) is 50.9 Å². The minimum Gasteiger partial charge on any atom is -0.312 e. The Labute approximate surface area is 123 Å². The number of nitrogens with one attached hydrogen (secondary N) is 1. The van der Waals surface area contributed by atoms with E-state index in [0.717, 1.165) is 15.1 Å². The number of thioether (sulfide) groups is 1. The predicted molar refractivity (Wildman–Crippen MR) is 80.9 cm³/mol. The van der Waals surface area contributed by atoms with Gasteiger partial charge in [0.15, 0.2) is 0 Å². The average Bonchev–Trinajstić information content (AvgIpc) is 2.77. The molecule has 18 heavy (non-hydrogen) atoms. The maximum Gasteiger partial charge on any atom is 0.124 e. The molecule has 0 aliphatic rings. The molecule has 1 aromatic carbocycles. The monoisotopic (exact) mass is 345 g/mol. The first-order chi connectivity index (χ1) is 8.70. The van der Waals surface area contributed by atoms with Gasteiger partial charge in [-0.2, -0.15) is 11.3 Å². The molecular formula is C13H13BrFNS2. The van der Waals surface area contributed by atoms with Gasteiger partial charge in [-0.1, -0.05) is 6.07 Å². The molecule has 5 heteroatoms. The van der Waals surface area contributed by atoms with E-state index < -0.39 is 0 Å². The van der Waals surface area contributed by atoms with E-state index in [1.54, 1.807) is 35.2 Å². The zero-order valence-electron chi connectivity index (χ0n) is 9.82. The number of hydrogen-bond acceptors (Lipinski definition) is 3. The first-order valence-electron chi connectivity index (χ1n) is 5.48. The molecule has 0 spiro atoms. The summed E-state index contributed by atoms with van der Waals surface area (Å²) in [4.78, 5) is 0.960. The summed E-state index contributed by atoms with van der Waals surface area (Å²) >= 11 is 6.88. The second-order valence-electron chi connectivity index (χ2n) is 3.78. The molecule has 96 valence electrons. The first-order valence-corrected chi connectivity index (χ1v) is 8.20. The van der Waals surface area contributed by atoms with Crippen LogP contribution < -0.4 is 5.32 Å². The molecule has 0 bridgehead atoms. The van der Waals surface area contributed by atoms with Crippen molar-refractivity contribution in [2.45, 2.75) is 10.9 Å². The van der Waals surface area contributed by atoms with E-state index in [0.29, 0.717) is 0 Å². The van der Waals surface area contributed by atoms with Crippen molar-refractivity contribution >= 4 is 39.0 Å². The van der Waals surface area contributed by atoms with Crippen LogP contribution in [0.15, 0.2) is 44.4 Å². The summed E-state index contributed by atoms with van der Waals surface area (Å²) in [5, 5.41) is 7.50. The summed E-state index contributed by atoms with van der Waals surface area (Å²) in [6.07, 6.45) is 0. The highest BCUT2D eigenvalue weighted by Crippen LogP contribution is 2.31. The fourth-order valence-electron chi connectivity index (χ4n) is 1.60. The van der Waals surface area contributed by atoms with Crippen LogP contribution in [0.3, 0.4) is 0 Å². The van der Waals surface area contributed by atoms with Crippen molar-refractivity contribution in [2.24, 2.45) is 0 Å². The summed E-state index contributed by atoms with van der Waals surface area (Å²) in [5.74, 6) is 0.688. The normalized spacial score (nSPS) is 12.6. The molecule has 0 radical (unpaired) electrons. The summed E-state index contributed by atoms with van der Waals surface area (Å²) < 4.78 is 14.2. The van der Waals surface area contributed by atoms with E-state index in [1.807, 2.05) is 13.1 Å². The molecule has 0 aliphatic carbocycles. The number of thiophene rings is 1. The highest BCUT2D eigenvalue weighted by molar-refractivity contribution is 9.10. The van der Waals surface area contributed by atoms with Crippen molar-refractivity contribution in [1.82, 2.24) is 5.32 Å². The van der Waals surface area contributed by atoms with Gasteiger partial charge in [-0.3, -0.25) is 0 Å². The SMILES string of the molecule is CNC(CSc1cccc(F)c1)c1cscc1Br. The van der Waals surface area contributed by atoms with Crippen LogP contribution in [0.25, 0.3) is 0 Å². The van der Waals surface area contributed by atoms with E-state index in [-0.39, 0.29) is 11.9 Å². The van der Waals surface area contributed by atoms with Crippen LogP contribution in [0.5, 0.6) is 0 Å². The maximum atomic E-state index is 13.1. The number of hydrogen-bond donors (Lipinski definition) is 1. The van der Waals surface area contributed by atoms with Crippen molar-refractivity contribution in [2.75, 3.05) is 12.8 Å². The molecule has 2 rings (SSSR count). The van der Waals surface area contributed by atoms with Crippen LogP contribution in [-0.4, -0.2) is 12.8 Å². The van der Waals surface area contributed by atoms with Crippen LogP contribution in [0, 0.1) is 5.82 Å². The zero-order valence-corrected chi connectivity index (χ0v) is 13.0. The summed E-state index contributed by atoms with van der Waals surface area (Å²) in [6, 6.07) is 6.98. The number of halogens is 2. The lowest BCUT2D eigenvalue weighted by Gasteiger charge is -2.15. The van der Waals surface area contributed by atoms with Gasteiger partial charge in [-0.25, -0.2) is 4.39 Å². The molecule has 2 aromatic rings. The molecule has 0 saturated carbocycles. The topological polar surface area (TPSA) is 12.0 Å². The van der Waals surface area contributed by atoms with E-state index in [4.69, 9.17) is 0 Å². The molecule has 1 atom stereocenters. The third-order valence-corrected chi connectivity index (χ3v) is 5.42. The van der Waals surface area contributed by atoms with Crippen LogP contribution in [-0.2, 0) is 0 Å². The van der Waals surface area contributed by atoms with E-state index in [9.17, 15) is 4.39 Å². The Morgan fingerprint density at radius 1 is 1.44 bits per heavy atom. The molecule has 0 saturated heterocycles. The van der Waals surface area contributed by atoms with Crippen molar-refractivity contribution in [3.8, 4) is 0 Å². The van der Waals surface area contributed by atoms with Gasteiger partial charge in [0, 0.05) is 26.5 Å². The number of benzene rings is 1. The molecule has 1 aromatic heterocycles. The summed E-state index contributed by atoms with van der Waals surface area (Å²) in [6.45, 7) is 0. The maximum absolute atomic E-state index is 13.1. The average molecular weight is 346 g/mol. The Morgan fingerprint density at radius 2 is 2.28 bits per heavy atom. The van der Waals surface area contributed by atoms with Crippen LogP contribution in [0.4, 0.5) is 4.39 Å². The van der Waals surface area contributed by atoms with E-state index in [2.05, 4.69) is 32.0 Å². The fraction of sp³-hybridized carbons (Fsp3) is 0.231. The van der Waals surface area contributed by atoms with Crippen molar-refractivity contribution in [3.63, 3.8) is 0 Å². The lowest BCUT2D eigenvalue weighted by Crippen LogP contribution is -2.18. The minimum absolute atomic E-state index is 0.183. The Bertz CT molecular complexity index is 515. The molecule has 1 unspecified atom stereocenters. The van der Waals surface area contributed by atoms with E-state index in [1.165, 1.54) is 11.6 Å². The standard InChI is InChI=1S/C13H13BrFNS2/c1-16-13(11-6-17-7-12(11)14)8-18-10-4-2-3-9(15)5-10/h2-7,13,16H,8H2,1H3. The summed E-state index contributed by atoms with van der Waals surface area (Å²) in [7, 11) is 1.95. The fourth-order valence-corrected chi connectivity index (χ4v) is 4.31. The van der Waals surface area contributed by atoms with Crippen LogP contribution in [0.1, 0.15) is 11.6 Å². The van der Waals surface area contributed by atoms with Gasteiger partial charge in [0.25, 0.3) is 0 Å². The third-order valence-electron chi connectivity index (χ3n) is 2.58. The van der Waals surface area contributed by atoms with Crippen molar-refractivity contribution < 1.29 is 4.39 Å². The van der Waals surface area contributed by atoms with Crippen molar-refractivity contribution in [1.29, 1.82) is 0 Å². The Kier molecular flexibility index (Phi) is 5.24. The zero-order chi connectivity index (χ0) is 13.0. The smallest absolute Gasteiger partial charge is 0.124 e. The van der Waals surface area contributed by atoms with E-state index >= 15 is 0 Å². The number of rotatable bonds is 5. The van der Waals surface area contributed by atoms with Gasteiger partial charge in [-0.05, 0) is 52.1 Å². The molecule has 1 N–H and O–H groups in total. The summed E-state index contributed by atoms with van der Waals surface area (Å²) in [5.41, 5.74) is 1.26. The highest BCUT2D eigenvalue weighted by Gasteiger charge is 2.13. The van der Waals surface area contributed by atoms with Gasteiger partial charge in [0.1, 0.15) is 5.82 Å². The minimum atomic E-state index is -0.183. The van der Waals surface area contributed by atoms with Gasteiger partial charge in [0.05, 0.1) is 0 Å². The van der Waals surface area contributed by atoms with Gasteiger partial charge in [0.2, 0.25) is 0 Å². The molecule has 0 amide bonds. The second-order valence-corrected chi connectivity index (χ2v) is 6.48. The van der Waals surface area contributed by atoms with Crippen LogP contribution in [0.2, 0.25) is 0 Å². The lowest BCUT2D eigenvalue weighted by molar-refractivity contribution is 0.624. The Morgan fingerprint density at radius 3 is 2.89 bits per heavy atom. The quantitative estimate of drug-likeness (QED) is 0.788. The molecular weight excluding hydrogens is 333 g/mol. The Hall–Kier alpha value is -0.360. The van der Waals surface area contributed by atoms with Gasteiger partial charge >= 0.3 is 0 Å². The largest absolute Gasteiger partial charge is 0.312 e. The lowest BCUT2D eigenvalue weighted by atomic mass is 10.2. The molecule has 0 aliphatic heterocycles. The molecule has 1 nitrogen and oxygen atoms in total. The van der Waals surface area contributed by atoms with Gasteiger partial charge in [-0.15, -0.1) is 11.8 Å². The van der Waals surface area contributed by atoms with Gasteiger partial charge < -0.3 is 5.32 Å².